The van der Waals surface area contributed by atoms with Crippen LogP contribution in [0.1, 0.15) is 23.5 Å². The number of carbonyl (C=O) groups excluding carboxylic acids is 2. The standard InChI is InChI=1S/C14H18N4O2S/c19-12(3-8-21-14(20)13-15-4-5-16-13)17-11-9-18-6-1-10(11)2-7-18/h3-5,8,10-11H,1-2,6-7,9H2,(H,15,16)(H,17,19)/b8-3-. The summed E-state index contributed by atoms with van der Waals surface area (Å²) < 4.78 is 0. The molecule has 0 spiro atoms. The number of hydrogen-bond donors (Lipinski definition) is 2. The first-order valence-corrected chi connectivity index (χ1v) is 8.00. The second-order valence-electron chi connectivity index (χ2n) is 5.40. The van der Waals surface area contributed by atoms with Crippen LogP contribution in [0.5, 0.6) is 0 Å². The summed E-state index contributed by atoms with van der Waals surface area (Å²) in [5.74, 6) is 0.765. The Morgan fingerprint density at radius 2 is 2.24 bits per heavy atom. The van der Waals surface area contributed by atoms with Gasteiger partial charge in [-0.3, -0.25) is 9.59 Å². The van der Waals surface area contributed by atoms with Gasteiger partial charge in [0.25, 0.3) is 5.12 Å². The summed E-state index contributed by atoms with van der Waals surface area (Å²) in [6.45, 7) is 3.25. The SMILES string of the molecule is O=C(/C=C\SC(=O)c1ncc[nH]1)NC1CN2CCC1CC2. The van der Waals surface area contributed by atoms with Gasteiger partial charge >= 0.3 is 0 Å². The van der Waals surface area contributed by atoms with Gasteiger partial charge in [-0.15, -0.1) is 0 Å². The van der Waals surface area contributed by atoms with Crippen molar-refractivity contribution in [2.75, 3.05) is 19.6 Å². The monoisotopic (exact) mass is 306 g/mol. The maximum atomic E-state index is 11.9. The number of fused-ring (bicyclic) bond motifs is 3. The number of piperidine rings is 3. The average molecular weight is 306 g/mol. The minimum absolute atomic E-state index is 0.131. The number of aromatic nitrogens is 2. The Morgan fingerprint density at radius 3 is 2.86 bits per heavy atom. The fraction of sp³-hybridized carbons (Fsp3) is 0.500. The molecule has 1 aromatic heterocycles. The Labute approximate surface area is 127 Å². The number of amides is 1. The number of thioether (sulfide) groups is 1. The van der Waals surface area contributed by atoms with E-state index in [-0.39, 0.29) is 17.1 Å². The Morgan fingerprint density at radius 1 is 1.43 bits per heavy atom. The molecule has 1 amide bonds. The molecular weight excluding hydrogens is 288 g/mol. The smallest absolute Gasteiger partial charge is 0.258 e. The molecule has 7 heteroatoms. The number of aromatic amines is 1. The highest BCUT2D eigenvalue weighted by molar-refractivity contribution is 8.16. The molecule has 1 atom stereocenters. The third kappa shape index (κ3) is 3.54. The zero-order chi connectivity index (χ0) is 14.7. The molecule has 21 heavy (non-hydrogen) atoms. The summed E-state index contributed by atoms with van der Waals surface area (Å²) in [6, 6.07) is 0.246. The average Bonchev–Trinajstić information content (AvgIpc) is 3.02. The molecule has 3 aliphatic heterocycles. The predicted molar refractivity (Wildman–Crippen MR) is 80.7 cm³/mol. The third-order valence-electron chi connectivity index (χ3n) is 4.07. The first-order valence-electron chi connectivity index (χ1n) is 7.12. The molecule has 112 valence electrons. The van der Waals surface area contributed by atoms with Crippen molar-refractivity contribution in [1.29, 1.82) is 0 Å². The van der Waals surface area contributed by atoms with Crippen LogP contribution in [-0.2, 0) is 4.79 Å². The van der Waals surface area contributed by atoms with E-state index in [1.54, 1.807) is 6.20 Å². The van der Waals surface area contributed by atoms with Crippen LogP contribution in [0.3, 0.4) is 0 Å². The van der Waals surface area contributed by atoms with Crippen LogP contribution in [0.4, 0.5) is 0 Å². The van der Waals surface area contributed by atoms with E-state index in [0.717, 1.165) is 31.4 Å². The molecule has 2 N–H and O–H groups in total. The normalized spacial score (nSPS) is 27.9. The summed E-state index contributed by atoms with van der Waals surface area (Å²) in [5.41, 5.74) is 0. The quantitative estimate of drug-likeness (QED) is 0.812. The van der Waals surface area contributed by atoms with Crippen LogP contribution in [0.25, 0.3) is 0 Å². The number of H-pyrrole nitrogens is 1. The van der Waals surface area contributed by atoms with E-state index in [9.17, 15) is 9.59 Å². The number of imidazole rings is 1. The van der Waals surface area contributed by atoms with Crippen molar-refractivity contribution in [3.63, 3.8) is 0 Å². The zero-order valence-corrected chi connectivity index (χ0v) is 12.4. The van der Waals surface area contributed by atoms with E-state index in [0.29, 0.717) is 11.7 Å². The van der Waals surface area contributed by atoms with Gasteiger partial charge in [0.2, 0.25) is 5.91 Å². The summed E-state index contributed by atoms with van der Waals surface area (Å²) >= 11 is 0.955. The molecular formula is C14H18N4O2S. The fourth-order valence-electron chi connectivity index (χ4n) is 2.95. The van der Waals surface area contributed by atoms with Crippen LogP contribution < -0.4 is 5.32 Å². The highest BCUT2D eigenvalue weighted by atomic mass is 32.2. The number of rotatable bonds is 4. The summed E-state index contributed by atoms with van der Waals surface area (Å²) in [4.78, 5) is 32.5. The summed E-state index contributed by atoms with van der Waals surface area (Å²) in [6.07, 6.45) is 6.87. The minimum atomic E-state index is -0.202. The second-order valence-corrected chi connectivity index (χ2v) is 6.28. The van der Waals surface area contributed by atoms with E-state index in [1.807, 2.05) is 0 Å². The van der Waals surface area contributed by atoms with Gasteiger partial charge in [0, 0.05) is 31.1 Å². The molecule has 4 heterocycles. The van der Waals surface area contributed by atoms with Gasteiger partial charge in [0.1, 0.15) is 0 Å². The molecule has 3 saturated heterocycles. The van der Waals surface area contributed by atoms with Gasteiger partial charge in [-0.25, -0.2) is 4.98 Å². The molecule has 0 saturated carbocycles. The minimum Gasteiger partial charge on any atom is -0.348 e. The first kappa shape index (κ1) is 14.3. The maximum absolute atomic E-state index is 11.9. The van der Waals surface area contributed by atoms with Gasteiger partial charge in [-0.1, -0.05) is 11.8 Å². The predicted octanol–water partition coefficient (Wildman–Crippen LogP) is 1.01. The molecule has 0 aliphatic carbocycles. The molecule has 3 aliphatic rings. The Hall–Kier alpha value is -1.60. The molecule has 0 aromatic carbocycles. The lowest BCUT2D eigenvalue weighted by molar-refractivity contribution is -0.118. The largest absolute Gasteiger partial charge is 0.348 e. The third-order valence-corrected chi connectivity index (χ3v) is 4.75. The molecule has 4 rings (SSSR count). The van der Waals surface area contributed by atoms with Gasteiger partial charge in [-0.05, 0) is 37.3 Å². The Balaban J connectivity index is 1.46. The van der Waals surface area contributed by atoms with Crippen molar-refractivity contribution in [2.24, 2.45) is 5.92 Å². The second kappa shape index (κ2) is 6.44. The number of nitrogens with zero attached hydrogens (tertiary/aromatic N) is 2. The lowest BCUT2D eigenvalue weighted by Crippen LogP contribution is -2.57. The van der Waals surface area contributed by atoms with Crippen molar-refractivity contribution < 1.29 is 9.59 Å². The summed E-state index contributed by atoms with van der Waals surface area (Å²) in [7, 11) is 0. The zero-order valence-electron chi connectivity index (χ0n) is 11.6. The Bertz CT molecular complexity index is 535. The van der Waals surface area contributed by atoms with Gasteiger partial charge in [0.15, 0.2) is 5.82 Å². The fourth-order valence-corrected chi connectivity index (χ4v) is 3.49. The van der Waals surface area contributed by atoms with Crippen molar-refractivity contribution >= 4 is 22.8 Å². The van der Waals surface area contributed by atoms with Crippen molar-refractivity contribution in [1.82, 2.24) is 20.2 Å². The highest BCUT2D eigenvalue weighted by Gasteiger charge is 2.34. The first-order chi connectivity index (χ1) is 10.2. The van der Waals surface area contributed by atoms with Gasteiger partial charge < -0.3 is 15.2 Å². The molecule has 1 unspecified atom stereocenters. The van der Waals surface area contributed by atoms with Crippen molar-refractivity contribution in [3.05, 3.63) is 29.7 Å². The van der Waals surface area contributed by atoms with Crippen molar-refractivity contribution in [2.45, 2.75) is 18.9 Å². The highest BCUT2D eigenvalue weighted by Crippen LogP contribution is 2.27. The van der Waals surface area contributed by atoms with Crippen LogP contribution in [0, 0.1) is 5.92 Å². The van der Waals surface area contributed by atoms with Gasteiger partial charge in [-0.2, -0.15) is 0 Å². The van der Waals surface area contributed by atoms with Crippen LogP contribution in [0.2, 0.25) is 0 Å². The van der Waals surface area contributed by atoms with Crippen LogP contribution in [0.15, 0.2) is 23.9 Å². The Kier molecular flexibility index (Phi) is 4.40. The lowest BCUT2D eigenvalue weighted by atomic mass is 9.84. The lowest BCUT2D eigenvalue weighted by Gasteiger charge is -2.44. The van der Waals surface area contributed by atoms with Crippen molar-refractivity contribution in [3.8, 4) is 0 Å². The van der Waals surface area contributed by atoms with E-state index in [4.69, 9.17) is 0 Å². The van der Waals surface area contributed by atoms with E-state index in [1.165, 1.54) is 30.5 Å². The van der Waals surface area contributed by atoms with E-state index >= 15 is 0 Å². The number of hydrogen-bond acceptors (Lipinski definition) is 5. The molecule has 1 aromatic rings. The van der Waals surface area contributed by atoms with Crippen LogP contribution >= 0.6 is 11.8 Å². The van der Waals surface area contributed by atoms with E-state index in [2.05, 4.69) is 20.2 Å². The topological polar surface area (TPSA) is 78.1 Å². The number of carbonyl (C=O) groups is 2. The summed E-state index contributed by atoms with van der Waals surface area (Å²) in [5, 5.41) is 4.36. The molecule has 2 bridgehead atoms. The number of nitrogens with one attached hydrogen (secondary N) is 2. The molecule has 3 fully saturated rings. The maximum Gasteiger partial charge on any atom is 0.258 e. The van der Waals surface area contributed by atoms with Crippen LogP contribution in [-0.4, -0.2) is 51.6 Å². The molecule has 0 radical (unpaired) electrons. The van der Waals surface area contributed by atoms with E-state index < -0.39 is 0 Å². The van der Waals surface area contributed by atoms with Gasteiger partial charge in [0.05, 0.1) is 0 Å². The molecule has 6 nitrogen and oxygen atoms in total.